The van der Waals surface area contributed by atoms with Gasteiger partial charge in [-0.2, -0.15) is 0 Å². The van der Waals surface area contributed by atoms with Gasteiger partial charge in [-0.15, -0.1) is 0 Å². The minimum Gasteiger partial charge on any atom is -0.414 e. The molecule has 0 aromatic heterocycles. The molecule has 0 aromatic carbocycles. The Morgan fingerprint density at radius 2 is 1.11 bits per heavy atom. The Kier molecular flexibility index (Phi) is 5.36. The van der Waals surface area contributed by atoms with Gasteiger partial charge in [-0.05, 0) is 13.3 Å². The summed E-state index contributed by atoms with van der Waals surface area (Å²) in [6, 6.07) is 0. The molecule has 1 spiro atoms. The molecule has 16 heteroatoms. The van der Waals surface area contributed by atoms with E-state index in [1.165, 1.54) is 6.92 Å². The highest BCUT2D eigenvalue weighted by Crippen LogP contribution is 2.52. The molecule has 192 valence electrons. The number of aliphatic hydroxyl groups is 4. The first-order valence-corrected chi connectivity index (χ1v) is 10.3. The first-order valence-electron chi connectivity index (χ1n) is 10.3. The van der Waals surface area contributed by atoms with E-state index in [1.807, 2.05) is 0 Å². The van der Waals surface area contributed by atoms with Gasteiger partial charge in [0.1, 0.15) is 0 Å². The van der Waals surface area contributed by atoms with Crippen LogP contribution in [-0.2, 0) is 57.2 Å². The third kappa shape index (κ3) is 3.69. The highest BCUT2D eigenvalue weighted by atomic mass is 16.9. The largest absolute Gasteiger partial charge is 0.465 e. The van der Waals surface area contributed by atoms with Crippen molar-refractivity contribution in [3.05, 3.63) is 0 Å². The predicted molar refractivity (Wildman–Crippen MR) is 96.2 cm³/mol. The van der Waals surface area contributed by atoms with Crippen LogP contribution in [-0.4, -0.2) is 91.1 Å². The highest BCUT2D eigenvalue weighted by Gasteiger charge is 2.84. The number of hydrogen-bond acceptors (Lipinski definition) is 16. The van der Waals surface area contributed by atoms with Gasteiger partial charge in [0.25, 0.3) is 0 Å². The van der Waals surface area contributed by atoms with Gasteiger partial charge in [-0.3, -0.25) is 19.2 Å². The predicted octanol–water partition coefficient (Wildman–Crippen LogP) is -3.48. The van der Waals surface area contributed by atoms with E-state index in [2.05, 4.69) is 0 Å². The summed E-state index contributed by atoms with van der Waals surface area (Å²) < 4.78 is 30.0. The molecule has 4 fully saturated rings. The van der Waals surface area contributed by atoms with Crippen LogP contribution >= 0.6 is 0 Å². The molecular formula is C19H20O16. The van der Waals surface area contributed by atoms with Crippen LogP contribution in [0.5, 0.6) is 0 Å². The summed E-state index contributed by atoms with van der Waals surface area (Å²) in [5, 5.41) is 42.2. The summed E-state index contributed by atoms with van der Waals surface area (Å²) in [4.78, 5) is 76.2. The van der Waals surface area contributed by atoms with E-state index < -0.39 is 109 Å². The van der Waals surface area contributed by atoms with Gasteiger partial charge >= 0.3 is 53.4 Å². The third-order valence-electron chi connectivity index (χ3n) is 5.85. The van der Waals surface area contributed by atoms with Crippen molar-refractivity contribution in [3.8, 4) is 0 Å². The van der Waals surface area contributed by atoms with Crippen LogP contribution in [0.3, 0.4) is 0 Å². The van der Waals surface area contributed by atoms with E-state index in [9.17, 15) is 49.2 Å². The van der Waals surface area contributed by atoms with E-state index in [-0.39, 0.29) is 0 Å². The van der Waals surface area contributed by atoms with Crippen molar-refractivity contribution in [3.63, 3.8) is 0 Å². The molecule has 0 aromatic rings. The minimum absolute atomic E-state index is 0.474. The fourth-order valence-electron chi connectivity index (χ4n) is 4.16. The molecule has 0 radical (unpaired) electrons. The Morgan fingerprint density at radius 1 is 0.686 bits per heavy atom. The topological polar surface area (TPSA) is 239 Å². The van der Waals surface area contributed by atoms with Crippen molar-refractivity contribution < 1.29 is 77.6 Å². The average molecular weight is 504 g/mol. The molecule has 4 aliphatic heterocycles. The maximum atomic E-state index is 12.9. The summed E-state index contributed by atoms with van der Waals surface area (Å²) in [6.07, 6.45) is -7.60. The molecule has 16 nitrogen and oxygen atoms in total. The van der Waals surface area contributed by atoms with Gasteiger partial charge < -0.3 is 48.8 Å². The van der Waals surface area contributed by atoms with Gasteiger partial charge in [0, 0.05) is 6.42 Å². The molecule has 4 bridgehead atoms. The zero-order chi connectivity index (χ0) is 26.0. The van der Waals surface area contributed by atoms with Crippen LogP contribution in [0, 0.1) is 0 Å². The van der Waals surface area contributed by atoms with Gasteiger partial charge in [-0.1, -0.05) is 0 Å². The smallest absolute Gasteiger partial charge is 0.414 e. The summed E-state index contributed by atoms with van der Waals surface area (Å²) in [5.41, 5.74) is -5.68. The third-order valence-corrected chi connectivity index (χ3v) is 5.85. The molecule has 4 aliphatic rings. The van der Waals surface area contributed by atoms with Gasteiger partial charge in [-0.25, -0.2) is 9.59 Å². The summed E-state index contributed by atoms with van der Waals surface area (Å²) in [5.74, 6) is -20.7. The SMILES string of the molecule is CC(O)CCC12OC(=O)CC(O)(CC(=O)OC13OC(=O)CC1(O)CC(=O)OC3(O)OC1=O)C(=O)O2. The lowest BCUT2D eigenvalue weighted by atomic mass is 9.91. The molecule has 6 atom stereocenters. The lowest BCUT2D eigenvalue weighted by Crippen LogP contribution is -2.77. The second kappa shape index (κ2) is 7.58. The van der Waals surface area contributed by atoms with Crippen molar-refractivity contribution >= 4 is 35.8 Å². The zero-order valence-corrected chi connectivity index (χ0v) is 18.0. The van der Waals surface area contributed by atoms with Gasteiger partial charge in [0.05, 0.1) is 31.8 Å². The summed E-state index contributed by atoms with van der Waals surface area (Å²) in [7, 11) is 0. The monoisotopic (exact) mass is 504 g/mol. The second-order valence-electron chi connectivity index (χ2n) is 8.78. The molecule has 6 unspecified atom stereocenters. The Balaban J connectivity index is 2.03. The molecule has 0 amide bonds. The van der Waals surface area contributed by atoms with E-state index in [1.54, 1.807) is 0 Å². The summed E-state index contributed by atoms with van der Waals surface area (Å²) in [6.45, 7) is 1.24. The number of fused-ring (bicyclic) bond motifs is 8. The zero-order valence-electron chi connectivity index (χ0n) is 18.0. The minimum atomic E-state index is -3.99. The Labute approximate surface area is 194 Å². The molecule has 0 saturated carbocycles. The maximum absolute atomic E-state index is 12.9. The van der Waals surface area contributed by atoms with Crippen molar-refractivity contribution in [2.45, 2.75) is 80.3 Å². The number of hydrogen-bond donors (Lipinski definition) is 4. The van der Waals surface area contributed by atoms with Crippen molar-refractivity contribution in [1.82, 2.24) is 0 Å². The van der Waals surface area contributed by atoms with Gasteiger partial charge in [0.2, 0.25) is 0 Å². The summed E-state index contributed by atoms with van der Waals surface area (Å²) >= 11 is 0. The Morgan fingerprint density at radius 3 is 1.60 bits per heavy atom. The number of ether oxygens (including phenoxy) is 6. The molecule has 4 heterocycles. The van der Waals surface area contributed by atoms with Gasteiger partial charge in [0.15, 0.2) is 11.2 Å². The fourth-order valence-corrected chi connectivity index (χ4v) is 4.16. The number of esters is 6. The number of rotatable bonds is 3. The lowest BCUT2D eigenvalue weighted by Gasteiger charge is -2.50. The van der Waals surface area contributed by atoms with Crippen LogP contribution in [0.2, 0.25) is 0 Å². The number of carbonyl (C=O) groups excluding carboxylic acids is 6. The second-order valence-corrected chi connectivity index (χ2v) is 8.78. The number of carbonyl (C=O) groups is 6. The Hall–Kier alpha value is -3.34. The van der Waals surface area contributed by atoms with Crippen molar-refractivity contribution in [1.29, 1.82) is 0 Å². The highest BCUT2D eigenvalue weighted by molar-refractivity contribution is 5.94. The lowest BCUT2D eigenvalue weighted by molar-refractivity contribution is -0.501. The van der Waals surface area contributed by atoms with Crippen LogP contribution < -0.4 is 0 Å². The Bertz CT molecular complexity index is 1020. The molecule has 4 saturated heterocycles. The first-order chi connectivity index (χ1) is 16.1. The molecule has 4 N–H and O–H groups in total. The fraction of sp³-hybridized carbons (Fsp3) is 0.684. The van der Waals surface area contributed by atoms with Crippen LogP contribution in [0.25, 0.3) is 0 Å². The molecular weight excluding hydrogens is 484 g/mol. The number of aliphatic hydroxyl groups excluding tert-OH is 1. The normalized spacial score (nSPS) is 42.1. The first kappa shape index (κ1) is 24.8. The molecule has 0 aliphatic carbocycles. The van der Waals surface area contributed by atoms with Crippen LogP contribution in [0.15, 0.2) is 0 Å². The van der Waals surface area contributed by atoms with Crippen molar-refractivity contribution in [2.75, 3.05) is 0 Å². The van der Waals surface area contributed by atoms with E-state index in [0.29, 0.717) is 0 Å². The molecule has 35 heavy (non-hydrogen) atoms. The van der Waals surface area contributed by atoms with E-state index in [4.69, 9.17) is 28.4 Å². The van der Waals surface area contributed by atoms with E-state index >= 15 is 0 Å². The van der Waals surface area contributed by atoms with Crippen molar-refractivity contribution in [2.24, 2.45) is 0 Å². The van der Waals surface area contributed by atoms with E-state index in [0.717, 1.165) is 0 Å². The van der Waals surface area contributed by atoms with Crippen LogP contribution in [0.4, 0.5) is 0 Å². The molecule has 4 rings (SSSR count). The average Bonchev–Trinajstić information content (AvgIpc) is 2.80. The maximum Gasteiger partial charge on any atom is 0.465 e. The standard InChI is InChI=1S/C19H20O16/c1-8(20)2-3-17-18(31-10(22)5-15(27,13(25)34-17)4-9(21)30-17)19(29)33-12(24)7-16(28,14(26)35-19)6-11(23)32-18/h8,20,27-29H,2-7H2,1H3. The quantitative estimate of drug-likeness (QED) is 0.215. The van der Waals surface area contributed by atoms with Crippen LogP contribution in [0.1, 0.15) is 45.4 Å².